The summed E-state index contributed by atoms with van der Waals surface area (Å²) in [6.07, 6.45) is 3.30. The number of aliphatic hydroxyl groups is 1. The largest absolute Gasteiger partial charge is 0.395 e. The van der Waals surface area contributed by atoms with Crippen LogP contribution >= 0.6 is 0 Å². The molecule has 0 atom stereocenters. The van der Waals surface area contributed by atoms with Crippen LogP contribution in [-0.2, 0) is 0 Å². The van der Waals surface area contributed by atoms with Crippen LogP contribution in [0.3, 0.4) is 0 Å². The Morgan fingerprint density at radius 2 is 1.63 bits per heavy atom. The van der Waals surface area contributed by atoms with E-state index in [0.717, 1.165) is 52.1 Å². The van der Waals surface area contributed by atoms with Crippen molar-refractivity contribution >= 4 is 5.84 Å². The van der Waals surface area contributed by atoms with Crippen LogP contribution in [0, 0.1) is 10.8 Å². The third kappa shape index (κ3) is 5.89. The maximum atomic E-state index is 8.90. The van der Waals surface area contributed by atoms with E-state index in [1.807, 2.05) is 13.8 Å². The molecule has 1 aliphatic heterocycles. The predicted molar refractivity (Wildman–Crippen MR) is 79.5 cm³/mol. The van der Waals surface area contributed by atoms with Gasteiger partial charge in [-0.15, -0.1) is 0 Å². The summed E-state index contributed by atoms with van der Waals surface area (Å²) in [7, 11) is 0. The lowest BCUT2D eigenvalue weighted by molar-refractivity contribution is 0.111. The second-order valence-electron chi connectivity index (χ2n) is 6.16. The number of amidine groups is 1. The van der Waals surface area contributed by atoms with Gasteiger partial charge in [0.05, 0.1) is 12.4 Å². The summed E-state index contributed by atoms with van der Waals surface area (Å²) in [6, 6.07) is 0. The van der Waals surface area contributed by atoms with Crippen molar-refractivity contribution in [3.05, 3.63) is 0 Å². The standard InChI is InChI=1S/C14H30N4O/c1-14(2,13(15)16)5-3-4-6-17-7-9-18(10-8-17)11-12-19/h19H,3-12H2,1-2H3,(H3,15,16). The zero-order valence-electron chi connectivity index (χ0n) is 12.5. The Balaban J connectivity index is 2.10. The van der Waals surface area contributed by atoms with Crippen LogP contribution in [-0.4, -0.2) is 66.6 Å². The fraction of sp³-hybridized carbons (Fsp3) is 0.929. The molecule has 1 rings (SSSR count). The van der Waals surface area contributed by atoms with Crippen LogP contribution in [0.1, 0.15) is 33.1 Å². The Kier molecular flexibility index (Phi) is 6.75. The van der Waals surface area contributed by atoms with Crippen LogP contribution in [0.25, 0.3) is 0 Å². The Hall–Kier alpha value is -0.650. The van der Waals surface area contributed by atoms with E-state index < -0.39 is 0 Å². The molecule has 1 fully saturated rings. The minimum Gasteiger partial charge on any atom is -0.395 e. The molecular weight excluding hydrogens is 240 g/mol. The molecule has 0 aromatic carbocycles. The van der Waals surface area contributed by atoms with Gasteiger partial charge in [-0.3, -0.25) is 10.3 Å². The molecule has 5 nitrogen and oxygen atoms in total. The summed E-state index contributed by atoms with van der Waals surface area (Å²) in [5, 5.41) is 16.4. The lowest BCUT2D eigenvalue weighted by Gasteiger charge is -2.34. The summed E-state index contributed by atoms with van der Waals surface area (Å²) >= 11 is 0. The van der Waals surface area contributed by atoms with Crippen molar-refractivity contribution in [1.82, 2.24) is 9.80 Å². The highest BCUT2D eigenvalue weighted by Gasteiger charge is 2.21. The van der Waals surface area contributed by atoms with Crippen LogP contribution in [0.15, 0.2) is 0 Å². The highest BCUT2D eigenvalue weighted by Crippen LogP contribution is 2.22. The molecule has 1 saturated heterocycles. The number of rotatable bonds is 8. The molecule has 1 aliphatic rings. The second-order valence-corrected chi connectivity index (χ2v) is 6.16. The summed E-state index contributed by atoms with van der Waals surface area (Å²) in [6.45, 7) is 10.7. The molecule has 0 aliphatic carbocycles. The number of β-amino-alcohol motifs (C(OH)–C–C–N with tert-alkyl or cyclic N) is 1. The number of aliphatic hydroxyl groups excluding tert-OH is 1. The number of hydrogen-bond donors (Lipinski definition) is 3. The molecule has 1 heterocycles. The van der Waals surface area contributed by atoms with Gasteiger partial charge in [0.1, 0.15) is 0 Å². The first-order chi connectivity index (χ1) is 8.95. The van der Waals surface area contributed by atoms with E-state index in [0.29, 0.717) is 5.84 Å². The molecule has 0 amide bonds. The van der Waals surface area contributed by atoms with E-state index in [4.69, 9.17) is 16.2 Å². The minimum absolute atomic E-state index is 0.153. The number of hydrogen-bond acceptors (Lipinski definition) is 4. The number of unbranched alkanes of at least 4 members (excludes halogenated alkanes) is 1. The predicted octanol–water partition coefficient (Wildman–Crippen LogP) is 0.729. The van der Waals surface area contributed by atoms with Gasteiger partial charge >= 0.3 is 0 Å². The zero-order valence-corrected chi connectivity index (χ0v) is 12.5. The van der Waals surface area contributed by atoms with Gasteiger partial charge in [0.25, 0.3) is 0 Å². The van der Waals surface area contributed by atoms with Gasteiger partial charge in [0.2, 0.25) is 0 Å². The van der Waals surface area contributed by atoms with E-state index in [1.54, 1.807) is 0 Å². The average molecular weight is 270 g/mol. The Labute approximate surface area is 117 Å². The van der Waals surface area contributed by atoms with Crippen LogP contribution in [0.4, 0.5) is 0 Å². The molecule has 19 heavy (non-hydrogen) atoms. The maximum absolute atomic E-state index is 8.90. The van der Waals surface area contributed by atoms with Crippen molar-refractivity contribution < 1.29 is 5.11 Å². The first kappa shape index (κ1) is 16.4. The smallest absolute Gasteiger partial charge is 0.0963 e. The van der Waals surface area contributed by atoms with Crippen molar-refractivity contribution in [2.45, 2.75) is 33.1 Å². The molecule has 0 aromatic heterocycles. The van der Waals surface area contributed by atoms with Crippen molar-refractivity contribution in [2.24, 2.45) is 11.1 Å². The van der Waals surface area contributed by atoms with Crippen molar-refractivity contribution in [2.75, 3.05) is 45.9 Å². The maximum Gasteiger partial charge on any atom is 0.0963 e. The third-order valence-corrected chi connectivity index (χ3v) is 4.14. The van der Waals surface area contributed by atoms with Crippen LogP contribution < -0.4 is 5.73 Å². The van der Waals surface area contributed by atoms with E-state index in [-0.39, 0.29) is 12.0 Å². The van der Waals surface area contributed by atoms with Gasteiger partial charge < -0.3 is 15.7 Å². The van der Waals surface area contributed by atoms with Crippen molar-refractivity contribution in [3.63, 3.8) is 0 Å². The van der Waals surface area contributed by atoms with E-state index in [2.05, 4.69) is 9.80 Å². The third-order valence-electron chi connectivity index (χ3n) is 4.14. The SMILES string of the molecule is CC(C)(CCCCN1CCN(CCO)CC1)C(=N)N. The lowest BCUT2D eigenvalue weighted by Crippen LogP contribution is -2.47. The zero-order chi connectivity index (χ0) is 14.3. The molecule has 0 spiro atoms. The molecule has 0 radical (unpaired) electrons. The molecule has 0 saturated carbocycles. The number of piperazine rings is 1. The molecular formula is C14H30N4O. The monoisotopic (exact) mass is 270 g/mol. The molecule has 0 aromatic rings. The topological polar surface area (TPSA) is 76.6 Å². The highest BCUT2D eigenvalue weighted by molar-refractivity contribution is 5.82. The molecule has 0 bridgehead atoms. The van der Waals surface area contributed by atoms with Crippen molar-refractivity contribution in [3.8, 4) is 0 Å². The fourth-order valence-electron chi connectivity index (χ4n) is 2.41. The normalized spacial score (nSPS) is 18.7. The van der Waals surface area contributed by atoms with E-state index in [9.17, 15) is 0 Å². The number of nitrogens with zero attached hydrogens (tertiary/aromatic N) is 2. The number of nitrogens with one attached hydrogen (secondary N) is 1. The van der Waals surface area contributed by atoms with Crippen LogP contribution in [0.2, 0.25) is 0 Å². The minimum atomic E-state index is -0.153. The van der Waals surface area contributed by atoms with E-state index >= 15 is 0 Å². The first-order valence-electron chi connectivity index (χ1n) is 7.36. The Morgan fingerprint density at radius 3 is 2.11 bits per heavy atom. The summed E-state index contributed by atoms with van der Waals surface area (Å²) in [5.74, 6) is 0.296. The summed E-state index contributed by atoms with van der Waals surface area (Å²) in [4.78, 5) is 4.81. The Bertz CT molecular complexity index is 273. The number of nitrogens with two attached hydrogens (primary N) is 1. The molecule has 4 N–H and O–H groups in total. The van der Waals surface area contributed by atoms with E-state index in [1.165, 1.54) is 6.42 Å². The quantitative estimate of drug-likeness (QED) is 0.345. The molecule has 112 valence electrons. The van der Waals surface area contributed by atoms with Gasteiger partial charge in [-0.2, -0.15) is 0 Å². The Morgan fingerprint density at radius 1 is 1.11 bits per heavy atom. The first-order valence-corrected chi connectivity index (χ1v) is 7.36. The van der Waals surface area contributed by atoms with Crippen molar-refractivity contribution in [1.29, 1.82) is 5.41 Å². The van der Waals surface area contributed by atoms with Gasteiger partial charge in [0, 0.05) is 38.1 Å². The second kappa shape index (κ2) is 7.82. The van der Waals surface area contributed by atoms with Gasteiger partial charge in [-0.25, -0.2) is 0 Å². The van der Waals surface area contributed by atoms with Gasteiger partial charge in [-0.1, -0.05) is 20.3 Å². The van der Waals surface area contributed by atoms with Gasteiger partial charge in [-0.05, 0) is 19.4 Å². The fourth-order valence-corrected chi connectivity index (χ4v) is 2.41. The summed E-state index contributed by atoms with van der Waals surface area (Å²) in [5.41, 5.74) is 5.43. The summed E-state index contributed by atoms with van der Waals surface area (Å²) < 4.78 is 0. The van der Waals surface area contributed by atoms with Gasteiger partial charge in [0.15, 0.2) is 0 Å². The molecule has 5 heteroatoms. The van der Waals surface area contributed by atoms with Crippen LogP contribution in [0.5, 0.6) is 0 Å². The molecule has 0 unspecified atom stereocenters. The average Bonchev–Trinajstić information content (AvgIpc) is 2.37. The lowest BCUT2D eigenvalue weighted by atomic mass is 9.86. The highest BCUT2D eigenvalue weighted by atomic mass is 16.3.